The molecule has 0 spiro atoms. The maximum Gasteiger partial charge on any atom is 0.224 e. The molecule has 0 heterocycles. The van der Waals surface area contributed by atoms with Crippen LogP contribution in [0.4, 0.5) is 5.69 Å². The molecule has 0 saturated carbocycles. The summed E-state index contributed by atoms with van der Waals surface area (Å²) in [5, 5.41) is 2.96. The number of benzene rings is 1. The minimum atomic E-state index is 0.0960. The Morgan fingerprint density at radius 1 is 1.26 bits per heavy atom. The summed E-state index contributed by atoms with van der Waals surface area (Å²) < 4.78 is 0. The van der Waals surface area contributed by atoms with Gasteiger partial charge in [-0.15, -0.1) is 0 Å². The molecule has 106 valence electrons. The first-order valence-corrected chi connectivity index (χ1v) is 7.14. The van der Waals surface area contributed by atoms with Crippen molar-refractivity contribution in [1.82, 2.24) is 0 Å². The highest BCUT2D eigenvalue weighted by Gasteiger charge is 2.09. The Balaban J connectivity index is 2.44. The Morgan fingerprint density at radius 3 is 2.58 bits per heavy atom. The molecule has 1 unspecified atom stereocenters. The smallest absolute Gasteiger partial charge is 0.224 e. The topological polar surface area (TPSA) is 55.1 Å². The van der Waals surface area contributed by atoms with Gasteiger partial charge in [-0.1, -0.05) is 19.4 Å². The fraction of sp³-hybridized carbons (Fsp3) is 0.562. The highest BCUT2D eigenvalue weighted by Crippen LogP contribution is 2.17. The van der Waals surface area contributed by atoms with E-state index in [2.05, 4.69) is 26.1 Å². The molecule has 19 heavy (non-hydrogen) atoms. The third-order valence-corrected chi connectivity index (χ3v) is 3.72. The van der Waals surface area contributed by atoms with E-state index < -0.39 is 0 Å². The predicted octanol–water partition coefficient (Wildman–Crippen LogP) is 3.40. The number of rotatable bonds is 7. The second-order valence-corrected chi connectivity index (χ2v) is 5.24. The molecule has 0 aliphatic carbocycles. The first kappa shape index (κ1) is 15.7. The molecule has 1 amide bonds. The van der Waals surface area contributed by atoms with Crippen LogP contribution in [0.25, 0.3) is 0 Å². The van der Waals surface area contributed by atoms with Crippen molar-refractivity contribution in [1.29, 1.82) is 0 Å². The lowest BCUT2D eigenvalue weighted by Gasteiger charge is -2.13. The van der Waals surface area contributed by atoms with Gasteiger partial charge in [0.25, 0.3) is 0 Å². The second-order valence-electron chi connectivity index (χ2n) is 5.24. The summed E-state index contributed by atoms with van der Waals surface area (Å²) >= 11 is 0. The molecule has 0 saturated heterocycles. The zero-order chi connectivity index (χ0) is 14.3. The van der Waals surface area contributed by atoms with Gasteiger partial charge < -0.3 is 11.1 Å². The maximum atomic E-state index is 11.9. The minimum absolute atomic E-state index is 0.0960. The van der Waals surface area contributed by atoms with Gasteiger partial charge in [0, 0.05) is 12.1 Å². The fourth-order valence-electron chi connectivity index (χ4n) is 2.17. The zero-order valence-electron chi connectivity index (χ0n) is 12.3. The standard InChI is InChI=1S/C16H26N2O/c1-4-14(9-10-17)6-8-16(19)18-15-7-5-12(2)13(3)11-15/h5,7,11,14H,4,6,8-10,17H2,1-3H3,(H,18,19). The van der Waals surface area contributed by atoms with E-state index in [4.69, 9.17) is 5.73 Å². The van der Waals surface area contributed by atoms with Crippen LogP contribution in [0, 0.1) is 19.8 Å². The molecule has 1 rings (SSSR count). The van der Waals surface area contributed by atoms with Gasteiger partial charge in [0.2, 0.25) is 5.91 Å². The van der Waals surface area contributed by atoms with Gasteiger partial charge in [-0.2, -0.15) is 0 Å². The summed E-state index contributed by atoms with van der Waals surface area (Å²) in [6, 6.07) is 6.01. The molecule has 0 aliphatic heterocycles. The SMILES string of the molecule is CCC(CCN)CCC(=O)Nc1ccc(C)c(C)c1. The van der Waals surface area contributed by atoms with E-state index in [1.807, 2.05) is 18.2 Å². The van der Waals surface area contributed by atoms with Crippen molar-refractivity contribution in [2.45, 2.75) is 46.5 Å². The predicted molar refractivity (Wildman–Crippen MR) is 81.2 cm³/mol. The Morgan fingerprint density at radius 2 is 2.00 bits per heavy atom. The summed E-state index contributed by atoms with van der Waals surface area (Å²) in [6.07, 6.45) is 3.59. The van der Waals surface area contributed by atoms with Gasteiger partial charge >= 0.3 is 0 Å². The molecule has 3 N–H and O–H groups in total. The van der Waals surface area contributed by atoms with Crippen LogP contribution >= 0.6 is 0 Å². The van der Waals surface area contributed by atoms with Gasteiger partial charge in [0.05, 0.1) is 0 Å². The van der Waals surface area contributed by atoms with Gasteiger partial charge in [0.1, 0.15) is 0 Å². The molecule has 0 aromatic heterocycles. The lowest BCUT2D eigenvalue weighted by molar-refractivity contribution is -0.116. The molecular weight excluding hydrogens is 236 g/mol. The monoisotopic (exact) mass is 262 g/mol. The maximum absolute atomic E-state index is 11.9. The third-order valence-electron chi connectivity index (χ3n) is 3.72. The van der Waals surface area contributed by atoms with Crippen molar-refractivity contribution in [3.8, 4) is 0 Å². The van der Waals surface area contributed by atoms with Crippen molar-refractivity contribution in [2.75, 3.05) is 11.9 Å². The molecular formula is C16H26N2O. The molecule has 0 fully saturated rings. The summed E-state index contributed by atoms with van der Waals surface area (Å²) in [6.45, 7) is 6.98. The summed E-state index contributed by atoms with van der Waals surface area (Å²) in [7, 11) is 0. The Bertz CT molecular complexity index is 415. The number of nitrogens with two attached hydrogens (primary N) is 1. The van der Waals surface area contributed by atoms with Crippen LogP contribution in [0.1, 0.15) is 43.7 Å². The van der Waals surface area contributed by atoms with Crippen LogP contribution in [-0.2, 0) is 4.79 Å². The average molecular weight is 262 g/mol. The van der Waals surface area contributed by atoms with Gasteiger partial charge in [-0.3, -0.25) is 4.79 Å². The van der Waals surface area contributed by atoms with E-state index >= 15 is 0 Å². The van der Waals surface area contributed by atoms with Crippen LogP contribution in [0.5, 0.6) is 0 Å². The van der Waals surface area contributed by atoms with Crippen molar-refractivity contribution in [2.24, 2.45) is 11.7 Å². The van der Waals surface area contributed by atoms with Crippen LogP contribution in [0.15, 0.2) is 18.2 Å². The Labute approximate surface area is 116 Å². The highest BCUT2D eigenvalue weighted by molar-refractivity contribution is 5.90. The van der Waals surface area contributed by atoms with E-state index in [-0.39, 0.29) is 5.91 Å². The van der Waals surface area contributed by atoms with E-state index in [1.54, 1.807) is 0 Å². The van der Waals surface area contributed by atoms with Crippen molar-refractivity contribution >= 4 is 11.6 Å². The number of amides is 1. The van der Waals surface area contributed by atoms with Crippen molar-refractivity contribution in [3.05, 3.63) is 29.3 Å². The van der Waals surface area contributed by atoms with E-state index in [0.29, 0.717) is 18.9 Å². The number of hydrogen-bond acceptors (Lipinski definition) is 2. The number of aryl methyl sites for hydroxylation is 2. The molecule has 3 nitrogen and oxygen atoms in total. The Hall–Kier alpha value is -1.35. The van der Waals surface area contributed by atoms with Crippen molar-refractivity contribution in [3.63, 3.8) is 0 Å². The summed E-state index contributed by atoms with van der Waals surface area (Å²) in [5.41, 5.74) is 8.90. The molecule has 0 radical (unpaired) electrons. The lowest BCUT2D eigenvalue weighted by Crippen LogP contribution is -2.15. The number of anilines is 1. The molecule has 1 atom stereocenters. The minimum Gasteiger partial charge on any atom is -0.330 e. The molecule has 1 aromatic rings. The molecule has 0 bridgehead atoms. The third kappa shape index (κ3) is 5.43. The van der Waals surface area contributed by atoms with Gasteiger partial charge in [-0.05, 0) is 62.4 Å². The highest BCUT2D eigenvalue weighted by atomic mass is 16.1. The fourth-order valence-corrected chi connectivity index (χ4v) is 2.17. The lowest BCUT2D eigenvalue weighted by atomic mass is 9.96. The summed E-state index contributed by atoms with van der Waals surface area (Å²) in [4.78, 5) is 11.9. The molecule has 3 heteroatoms. The zero-order valence-corrected chi connectivity index (χ0v) is 12.3. The quantitative estimate of drug-likeness (QED) is 0.791. The number of carbonyl (C=O) groups is 1. The van der Waals surface area contributed by atoms with Gasteiger partial charge in [-0.25, -0.2) is 0 Å². The molecule has 1 aromatic carbocycles. The van der Waals surface area contributed by atoms with Crippen LogP contribution in [0.3, 0.4) is 0 Å². The average Bonchev–Trinajstić information content (AvgIpc) is 2.39. The first-order valence-electron chi connectivity index (χ1n) is 7.14. The Kier molecular flexibility index (Phi) is 6.57. The first-order chi connectivity index (χ1) is 9.06. The largest absolute Gasteiger partial charge is 0.330 e. The summed E-state index contributed by atoms with van der Waals surface area (Å²) in [5.74, 6) is 0.661. The van der Waals surface area contributed by atoms with Crippen LogP contribution in [-0.4, -0.2) is 12.5 Å². The van der Waals surface area contributed by atoms with E-state index in [1.165, 1.54) is 11.1 Å². The van der Waals surface area contributed by atoms with Gasteiger partial charge in [0.15, 0.2) is 0 Å². The number of nitrogens with one attached hydrogen (secondary N) is 1. The normalized spacial score (nSPS) is 12.2. The van der Waals surface area contributed by atoms with Crippen LogP contribution < -0.4 is 11.1 Å². The van der Waals surface area contributed by atoms with E-state index in [0.717, 1.165) is 24.9 Å². The van der Waals surface area contributed by atoms with E-state index in [9.17, 15) is 4.79 Å². The second kappa shape index (κ2) is 7.95. The van der Waals surface area contributed by atoms with Crippen molar-refractivity contribution < 1.29 is 4.79 Å². The number of hydrogen-bond donors (Lipinski definition) is 2. The number of carbonyl (C=O) groups excluding carboxylic acids is 1. The molecule has 0 aliphatic rings. The van der Waals surface area contributed by atoms with Crippen LogP contribution in [0.2, 0.25) is 0 Å².